The number of hydrogen-bond acceptors (Lipinski definition) is 4. The number of amides is 1. The minimum atomic E-state index is -4.07. The van der Waals surface area contributed by atoms with Gasteiger partial charge in [0.1, 0.15) is 10.7 Å². The summed E-state index contributed by atoms with van der Waals surface area (Å²) in [5, 5.41) is 2.57. The molecule has 1 rings (SSSR count). The first kappa shape index (κ1) is 16.4. The molecule has 8 heteroatoms. The topological polar surface area (TPSA) is 101 Å². The second kappa shape index (κ2) is 6.19. The van der Waals surface area contributed by atoms with Crippen LogP contribution in [0.2, 0.25) is 0 Å². The molecular formula is C12H18FN3O3S. The van der Waals surface area contributed by atoms with E-state index in [-0.39, 0.29) is 16.6 Å². The van der Waals surface area contributed by atoms with Gasteiger partial charge in [-0.05, 0) is 39.0 Å². The van der Waals surface area contributed by atoms with Crippen LogP contribution in [0.25, 0.3) is 0 Å². The maximum atomic E-state index is 13.1. The van der Waals surface area contributed by atoms with Gasteiger partial charge in [0.25, 0.3) is 0 Å². The number of carbonyl (C=O) groups is 1. The molecule has 1 atom stereocenters. The Morgan fingerprint density at radius 1 is 1.30 bits per heavy atom. The van der Waals surface area contributed by atoms with Gasteiger partial charge in [-0.15, -0.1) is 0 Å². The molecule has 4 N–H and O–H groups in total. The van der Waals surface area contributed by atoms with Crippen molar-refractivity contribution in [3.63, 3.8) is 0 Å². The van der Waals surface area contributed by atoms with Crippen molar-refractivity contribution in [2.75, 3.05) is 5.73 Å². The van der Waals surface area contributed by atoms with E-state index in [0.717, 1.165) is 18.2 Å². The van der Waals surface area contributed by atoms with E-state index in [9.17, 15) is 17.6 Å². The minimum absolute atomic E-state index is 0.0876. The number of carbonyl (C=O) groups excluding carboxylic acids is 1. The summed E-state index contributed by atoms with van der Waals surface area (Å²) in [5.74, 6) is -1.20. The Morgan fingerprint density at radius 3 is 2.45 bits per heavy atom. The fraction of sp³-hybridized carbons (Fsp3) is 0.417. The van der Waals surface area contributed by atoms with Crippen molar-refractivity contribution in [2.45, 2.75) is 37.8 Å². The van der Waals surface area contributed by atoms with Crippen molar-refractivity contribution in [2.24, 2.45) is 0 Å². The molecule has 6 nitrogen and oxygen atoms in total. The summed E-state index contributed by atoms with van der Waals surface area (Å²) in [6, 6.07) is 1.91. The van der Waals surface area contributed by atoms with Crippen molar-refractivity contribution in [3.8, 4) is 0 Å². The first-order chi connectivity index (χ1) is 9.13. The number of nitrogens with one attached hydrogen (secondary N) is 2. The Kier molecular flexibility index (Phi) is 5.07. The molecule has 0 saturated carbocycles. The predicted molar refractivity (Wildman–Crippen MR) is 73.9 cm³/mol. The number of hydrogen-bond donors (Lipinski definition) is 3. The first-order valence-corrected chi connectivity index (χ1v) is 7.49. The van der Waals surface area contributed by atoms with Gasteiger partial charge in [0, 0.05) is 6.04 Å². The van der Waals surface area contributed by atoms with Crippen LogP contribution in [0.5, 0.6) is 0 Å². The molecule has 20 heavy (non-hydrogen) atoms. The first-order valence-electron chi connectivity index (χ1n) is 6.01. The van der Waals surface area contributed by atoms with Gasteiger partial charge in [-0.25, -0.2) is 12.8 Å². The molecule has 1 amide bonds. The molecule has 0 fully saturated rings. The second-order valence-corrected chi connectivity index (χ2v) is 6.37. The van der Waals surface area contributed by atoms with Crippen molar-refractivity contribution in [3.05, 3.63) is 24.0 Å². The van der Waals surface area contributed by atoms with Crippen LogP contribution in [0, 0.1) is 5.82 Å². The van der Waals surface area contributed by atoms with E-state index in [1.807, 2.05) is 0 Å². The maximum absolute atomic E-state index is 13.1. The molecule has 1 aromatic rings. The smallest absolute Gasteiger partial charge is 0.243 e. The second-order valence-electron chi connectivity index (χ2n) is 4.69. The zero-order chi connectivity index (χ0) is 15.5. The molecular weight excluding hydrogens is 285 g/mol. The van der Waals surface area contributed by atoms with Crippen LogP contribution in [0.15, 0.2) is 23.1 Å². The molecule has 0 bridgehead atoms. The van der Waals surface area contributed by atoms with E-state index >= 15 is 0 Å². The summed E-state index contributed by atoms with van der Waals surface area (Å²) in [6.07, 6.45) is 0. The van der Waals surface area contributed by atoms with Gasteiger partial charge in [0.2, 0.25) is 15.9 Å². The van der Waals surface area contributed by atoms with Gasteiger partial charge in [-0.3, -0.25) is 4.79 Å². The molecule has 0 aliphatic carbocycles. The summed E-state index contributed by atoms with van der Waals surface area (Å²) in [6.45, 7) is 4.90. The highest BCUT2D eigenvalue weighted by molar-refractivity contribution is 7.89. The van der Waals surface area contributed by atoms with Crippen LogP contribution < -0.4 is 15.8 Å². The lowest BCUT2D eigenvalue weighted by atomic mass is 10.3. The molecule has 0 saturated heterocycles. The van der Waals surface area contributed by atoms with E-state index in [0.29, 0.717) is 0 Å². The normalized spacial score (nSPS) is 13.2. The minimum Gasteiger partial charge on any atom is -0.398 e. The maximum Gasteiger partial charge on any atom is 0.243 e. The van der Waals surface area contributed by atoms with Gasteiger partial charge in [-0.2, -0.15) is 4.72 Å². The Balaban J connectivity index is 2.95. The summed E-state index contributed by atoms with van der Waals surface area (Å²) in [4.78, 5) is 11.3. The van der Waals surface area contributed by atoms with Crippen molar-refractivity contribution >= 4 is 21.6 Å². The van der Waals surface area contributed by atoms with Crippen LogP contribution in [0.1, 0.15) is 20.8 Å². The summed E-state index contributed by atoms with van der Waals surface area (Å²) in [5.41, 5.74) is 5.43. The zero-order valence-electron chi connectivity index (χ0n) is 11.5. The predicted octanol–water partition coefficient (Wildman–Crippen LogP) is 0.599. The number of nitrogens with two attached hydrogens (primary N) is 1. The van der Waals surface area contributed by atoms with Crippen LogP contribution in [0.3, 0.4) is 0 Å². The molecule has 0 spiro atoms. The number of rotatable bonds is 5. The standard InChI is InChI=1S/C12H18FN3O3S/c1-7(2)15-12(17)8(3)16-20(18,19)11-6-9(13)4-5-10(11)14/h4-8,16H,14H2,1-3H3,(H,15,17). The van der Waals surface area contributed by atoms with Crippen LogP contribution >= 0.6 is 0 Å². The van der Waals surface area contributed by atoms with Crippen molar-refractivity contribution in [1.82, 2.24) is 10.0 Å². The number of sulfonamides is 1. The molecule has 0 radical (unpaired) electrons. The number of anilines is 1. The highest BCUT2D eigenvalue weighted by atomic mass is 32.2. The fourth-order valence-corrected chi connectivity index (χ4v) is 2.85. The fourth-order valence-electron chi connectivity index (χ4n) is 1.50. The highest BCUT2D eigenvalue weighted by Crippen LogP contribution is 2.19. The molecule has 1 unspecified atom stereocenters. The van der Waals surface area contributed by atoms with E-state index in [4.69, 9.17) is 5.73 Å². The van der Waals surface area contributed by atoms with E-state index in [2.05, 4.69) is 10.0 Å². The third kappa shape index (κ3) is 4.17. The SMILES string of the molecule is CC(C)NC(=O)C(C)NS(=O)(=O)c1cc(F)ccc1N. The Morgan fingerprint density at radius 2 is 1.90 bits per heavy atom. The van der Waals surface area contributed by atoms with Crippen molar-refractivity contribution < 1.29 is 17.6 Å². The molecule has 0 heterocycles. The van der Waals surface area contributed by atoms with Gasteiger partial charge in [0.05, 0.1) is 11.7 Å². The molecule has 112 valence electrons. The Bertz CT molecular complexity index is 602. The van der Waals surface area contributed by atoms with Crippen molar-refractivity contribution in [1.29, 1.82) is 0 Å². The zero-order valence-corrected chi connectivity index (χ0v) is 12.3. The number of nitrogen functional groups attached to an aromatic ring is 1. The number of benzene rings is 1. The van der Waals surface area contributed by atoms with Gasteiger partial charge in [0.15, 0.2) is 0 Å². The van der Waals surface area contributed by atoms with Crippen LogP contribution in [-0.4, -0.2) is 26.4 Å². The Hall–Kier alpha value is -1.67. The van der Waals surface area contributed by atoms with E-state index < -0.39 is 27.8 Å². The van der Waals surface area contributed by atoms with Gasteiger partial charge >= 0.3 is 0 Å². The van der Waals surface area contributed by atoms with Gasteiger partial charge < -0.3 is 11.1 Å². The third-order valence-corrected chi connectivity index (χ3v) is 4.02. The lowest BCUT2D eigenvalue weighted by Crippen LogP contribution is -2.46. The lowest BCUT2D eigenvalue weighted by Gasteiger charge is -2.16. The van der Waals surface area contributed by atoms with E-state index in [1.165, 1.54) is 6.92 Å². The van der Waals surface area contributed by atoms with E-state index in [1.54, 1.807) is 13.8 Å². The third-order valence-electron chi connectivity index (χ3n) is 2.42. The van der Waals surface area contributed by atoms with Crippen LogP contribution in [-0.2, 0) is 14.8 Å². The molecule has 0 aliphatic rings. The molecule has 1 aromatic carbocycles. The molecule has 0 aliphatic heterocycles. The van der Waals surface area contributed by atoms with Gasteiger partial charge in [-0.1, -0.05) is 0 Å². The molecule has 0 aromatic heterocycles. The number of halogens is 1. The largest absolute Gasteiger partial charge is 0.398 e. The average molecular weight is 303 g/mol. The summed E-state index contributed by atoms with van der Waals surface area (Å²) in [7, 11) is -4.07. The lowest BCUT2D eigenvalue weighted by molar-refractivity contribution is -0.122. The average Bonchev–Trinajstić information content (AvgIpc) is 2.30. The summed E-state index contributed by atoms with van der Waals surface area (Å²) < 4.78 is 39.4. The quantitative estimate of drug-likeness (QED) is 0.693. The highest BCUT2D eigenvalue weighted by Gasteiger charge is 2.24. The van der Waals surface area contributed by atoms with Crippen LogP contribution in [0.4, 0.5) is 10.1 Å². The summed E-state index contributed by atoms with van der Waals surface area (Å²) >= 11 is 0. The monoisotopic (exact) mass is 303 g/mol. The Labute approximate surface area is 117 Å².